The van der Waals surface area contributed by atoms with Crippen LogP contribution in [0.2, 0.25) is 0 Å². The van der Waals surface area contributed by atoms with E-state index < -0.39 is 12.1 Å². The molecule has 1 amide bonds. The first-order valence-electron chi connectivity index (χ1n) is 9.45. The number of benzene rings is 2. The van der Waals surface area contributed by atoms with Crippen LogP contribution in [0.3, 0.4) is 0 Å². The second-order valence-electron chi connectivity index (χ2n) is 7.25. The van der Waals surface area contributed by atoms with Crippen molar-refractivity contribution >= 4 is 17.7 Å². The van der Waals surface area contributed by atoms with Crippen LogP contribution in [-0.2, 0) is 9.53 Å². The van der Waals surface area contributed by atoms with Crippen molar-refractivity contribution in [2.45, 2.75) is 52.8 Å². The van der Waals surface area contributed by atoms with E-state index in [1.807, 2.05) is 33.8 Å². The Morgan fingerprint density at radius 2 is 1.18 bits per heavy atom. The van der Waals surface area contributed by atoms with Gasteiger partial charge in [0.2, 0.25) is 0 Å². The Morgan fingerprint density at radius 3 is 1.68 bits per heavy atom. The third-order valence-electron chi connectivity index (χ3n) is 4.42. The fraction of sp³-hybridized carbons (Fsp3) is 0.348. The van der Waals surface area contributed by atoms with E-state index >= 15 is 0 Å². The first-order valence-corrected chi connectivity index (χ1v) is 9.45. The summed E-state index contributed by atoms with van der Waals surface area (Å²) in [6, 6.07) is 15.2. The number of hydrogen-bond donors (Lipinski definition) is 0. The predicted molar refractivity (Wildman–Crippen MR) is 108 cm³/mol. The van der Waals surface area contributed by atoms with E-state index in [2.05, 4.69) is 0 Å². The summed E-state index contributed by atoms with van der Waals surface area (Å²) in [4.78, 5) is 39.1. The van der Waals surface area contributed by atoms with Gasteiger partial charge in [-0.05, 0) is 46.8 Å². The van der Waals surface area contributed by atoms with Gasteiger partial charge >= 0.3 is 5.97 Å². The fourth-order valence-electron chi connectivity index (χ4n) is 3.11. The molecule has 5 heteroatoms. The van der Waals surface area contributed by atoms with E-state index in [0.717, 1.165) is 0 Å². The molecule has 2 aromatic rings. The Morgan fingerprint density at radius 1 is 0.714 bits per heavy atom. The Hall–Kier alpha value is -2.95. The second-order valence-corrected chi connectivity index (χ2v) is 7.25. The van der Waals surface area contributed by atoms with Crippen LogP contribution >= 0.6 is 0 Å². The van der Waals surface area contributed by atoms with Crippen LogP contribution in [0.25, 0.3) is 0 Å². The Balaban J connectivity index is 2.06. The van der Waals surface area contributed by atoms with Crippen molar-refractivity contribution in [3.05, 3.63) is 71.3 Å². The molecule has 0 aliphatic heterocycles. The first kappa shape index (κ1) is 21.4. The van der Waals surface area contributed by atoms with E-state index in [9.17, 15) is 14.4 Å². The van der Waals surface area contributed by atoms with Gasteiger partial charge in [0.05, 0.1) is 5.56 Å². The molecule has 0 aliphatic carbocycles. The molecule has 0 saturated heterocycles. The molecule has 0 radical (unpaired) electrons. The summed E-state index contributed by atoms with van der Waals surface area (Å²) in [5, 5.41) is 0. The fourth-order valence-corrected chi connectivity index (χ4v) is 3.11. The molecule has 0 spiro atoms. The predicted octanol–water partition coefficient (Wildman–Crippen LogP) is 4.11. The number of ether oxygens (including phenoxy) is 1. The number of rotatable bonds is 7. The lowest BCUT2D eigenvalue weighted by molar-refractivity contribution is -0.143. The summed E-state index contributed by atoms with van der Waals surface area (Å²) in [5.74, 6) is -0.935. The standard InChI is InChI=1S/C23H27NO4/c1-15(2)24(16(3)4)22(26)17(5)28-23(27)20-13-11-19(12-14-20)21(25)18-9-7-6-8-10-18/h6-17H,1-5H3/t17-/m1/s1. The summed E-state index contributed by atoms with van der Waals surface area (Å²) >= 11 is 0. The second kappa shape index (κ2) is 9.31. The minimum Gasteiger partial charge on any atom is -0.449 e. The summed E-state index contributed by atoms with van der Waals surface area (Å²) in [6.45, 7) is 9.28. The van der Waals surface area contributed by atoms with Gasteiger partial charge in [0.15, 0.2) is 11.9 Å². The molecule has 0 aliphatic rings. The van der Waals surface area contributed by atoms with E-state index in [1.54, 1.807) is 60.4 Å². The van der Waals surface area contributed by atoms with Crippen molar-refractivity contribution in [1.29, 1.82) is 0 Å². The lowest BCUT2D eigenvalue weighted by Gasteiger charge is -2.32. The molecule has 0 saturated carbocycles. The van der Waals surface area contributed by atoms with Crippen LogP contribution in [-0.4, -0.2) is 40.7 Å². The van der Waals surface area contributed by atoms with Crippen molar-refractivity contribution in [3.63, 3.8) is 0 Å². The third kappa shape index (κ3) is 5.06. The highest BCUT2D eigenvalue weighted by Gasteiger charge is 2.28. The summed E-state index contributed by atoms with van der Waals surface area (Å²) in [6.07, 6.45) is -0.886. The summed E-state index contributed by atoms with van der Waals surface area (Å²) in [5.41, 5.74) is 1.36. The highest BCUT2D eigenvalue weighted by Crippen LogP contribution is 2.14. The van der Waals surface area contributed by atoms with Gasteiger partial charge in [-0.1, -0.05) is 42.5 Å². The maximum atomic E-state index is 12.6. The molecule has 0 aromatic heterocycles. The van der Waals surface area contributed by atoms with Gasteiger partial charge in [0.25, 0.3) is 5.91 Å². The van der Waals surface area contributed by atoms with Crippen molar-refractivity contribution in [3.8, 4) is 0 Å². The number of esters is 1. The van der Waals surface area contributed by atoms with Crippen molar-refractivity contribution in [2.75, 3.05) is 0 Å². The summed E-state index contributed by atoms with van der Waals surface area (Å²) < 4.78 is 5.35. The molecule has 2 aromatic carbocycles. The van der Waals surface area contributed by atoms with Gasteiger partial charge in [0.1, 0.15) is 0 Å². The number of ketones is 1. The smallest absolute Gasteiger partial charge is 0.338 e. The molecular weight excluding hydrogens is 354 g/mol. The number of nitrogens with zero attached hydrogens (tertiary/aromatic N) is 1. The molecule has 0 heterocycles. The zero-order chi connectivity index (χ0) is 20.8. The van der Waals surface area contributed by atoms with Gasteiger partial charge in [0, 0.05) is 23.2 Å². The first-order chi connectivity index (χ1) is 13.2. The lowest BCUT2D eigenvalue weighted by atomic mass is 10.0. The number of amides is 1. The van der Waals surface area contributed by atoms with Crippen LogP contribution in [0.5, 0.6) is 0 Å². The van der Waals surface area contributed by atoms with Crippen LogP contribution in [0.4, 0.5) is 0 Å². The van der Waals surface area contributed by atoms with Gasteiger partial charge in [-0.2, -0.15) is 0 Å². The Labute approximate surface area is 166 Å². The summed E-state index contributed by atoms with van der Waals surface area (Å²) in [7, 11) is 0. The van der Waals surface area contributed by atoms with Gasteiger partial charge in [-0.15, -0.1) is 0 Å². The van der Waals surface area contributed by atoms with Gasteiger partial charge < -0.3 is 9.64 Å². The molecule has 0 bridgehead atoms. The monoisotopic (exact) mass is 381 g/mol. The molecule has 0 fully saturated rings. The molecular formula is C23H27NO4. The highest BCUT2D eigenvalue weighted by atomic mass is 16.5. The van der Waals surface area contributed by atoms with E-state index in [-0.39, 0.29) is 23.8 Å². The zero-order valence-electron chi connectivity index (χ0n) is 17.0. The largest absolute Gasteiger partial charge is 0.449 e. The SMILES string of the molecule is CC(C)N(C(=O)[C@@H](C)OC(=O)c1ccc(C(=O)c2ccccc2)cc1)C(C)C. The van der Waals surface area contributed by atoms with Crippen molar-refractivity contribution in [2.24, 2.45) is 0 Å². The lowest BCUT2D eigenvalue weighted by Crippen LogP contribution is -2.47. The van der Waals surface area contributed by atoms with Crippen LogP contribution < -0.4 is 0 Å². The molecule has 148 valence electrons. The van der Waals surface area contributed by atoms with E-state index in [4.69, 9.17) is 4.74 Å². The quantitative estimate of drug-likeness (QED) is 0.535. The minimum absolute atomic E-state index is 0.0111. The normalized spacial score (nSPS) is 12.0. The van der Waals surface area contributed by atoms with Crippen LogP contribution in [0.15, 0.2) is 54.6 Å². The zero-order valence-corrected chi connectivity index (χ0v) is 17.0. The molecule has 1 atom stereocenters. The molecule has 0 unspecified atom stereocenters. The average Bonchev–Trinajstić information content (AvgIpc) is 2.67. The number of hydrogen-bond acceptors (Lipinski definition) is 4. The topological polar surface area (TPSA) is 63.7 Å². The molecule has 0 N–H and O–H groups in total. The Bertz CT molecular complexity index is 817. The third-order valence-corrected chi connectivity index (χ3v) is 4.42. The van der Waals surface area contributed by atoms with Crippen molar-refractivity contribution in [1.82, 2.24) is 4.90 Å². The maximum absolute atomic E-state index is 12.6. The number of carbonyl (C=O) groups is 3. The van der Waals surface area contributed by atoms with Gasteiger partial charge in [-0.25, -0.2) is 4.79 Å². The van der Waals surface area contributed by atoms with Gasteiger partial charge in [-0.3, -0.25) is 9.59 Å². The van der Waals surface area contributed by atoms with Crippen molar-refractivity contribution < 1.29 is 19.1 Å². The molecule has 5 nitrogen and oxygen atoms in total. The average molecular weight is 381 g/mol. The minimum atomic E-state index is -0.886. The van der Waals surface area contributed by atoms with Crippen LogP contribution in [0, 0.1) is 0 Å². The van der Waals surface area contributed by atoms with E-state index in [1.165, 1.54) is 0 Å². The van der Waals surface area contributed by atoms with Crippen LogP contribution in [0.1, 0.15) is 60.9 Å². The Kier molecular flexibility index (Phi) is 7.10. The number of carbonyl (C=O) groups excluding carboxylic acids is 3. The molecule has 2 rings (SSSR count). The maximum Gasteiger partial charge on any atom is 0.338 e. The molecule has 28 heavy (non-hydrogen) atoms. The highest BCUT2D eigenvalue weighted by molar-refractivity contribution is 6.09. The van der Waals surface area contributed by atoms with E-state index in [0.29, 0.717) is 16.7 Å².